The molecule has 0 amide bonds. The van der Waals surface area contributed by atoms with Gasteiger partial charge in [-0.2, -0.15) is 0 Å². The molecule has 2 heterocycles. The summed E-state index contributed by atoms with van der Waals surface area (Å²) in [7, 11) is 0. The molecule has 0 fully saturated rings. The van der Waals surface area contributed by atoms with Crippen LogP contribution in [0.15, 0.2) is 22.8 Å². The zero-order chi connectivity index (χ0) is 13.8. The molecular weight excluding hydrogens is 248 g/mol. The maximum Gasteiger partial charge on any atom is 0.320 e. The van der Waals surface area contributed by atoms with Crippen molar-refractivity contribution in [2.45, 2.75) is 26.2 Å². The molecule has 2 N–H and O–H groups in total. The Balaban J connectivity index is 2.58. The lowest BCUT2D eigenvalue weighted by Gasteiger charge is -2.06. The Morgan fingerprint density at radius 1 is 1.47 bits per heavy atom. The van der Waals surface area contributed by atoms with Crippen LogP contribution in [0, 0.1) is 10.1 Å². The van der Waals surface area contributed by atoms with Crippen molar-refractivity contribution in [1.82, 2.24) is 9.97 Å². The van der Waals surface area contributed by atoms with Gasteiger partial charge in [0.05, 0.1) is 11.2 Å². The van der Waals surface area contributed by atoms with Crippen LogP contribution in [0.1, 0.15) is 25.5 Å². The van der Waals surface area contributed by atoms with Crippen LogP contribution in [0.4, 0.5) is 11.6 Å². The number of furan rings is 1. The number of nitro groups is 1. The number of unbranched alkanes of at least 4 members (excludes halogenated alkanes) is 1. The lowest BCUT2D eigenvalue weighted by molar-refractivity contribution is -0.385. The molecule has 0 saturated heterocycles. The van der Waals surface area contributed by atoms with Crippen LogP contribution < -0.4 is 5.73 Å². The normalized spacial score (nSPS) is 10.6. The standard InChI is InChI=1S/C12H14N4O3/c1-2-3-5-8-11(16(17)18)10(15-12(13)14-8)9-6-4-7-19-9/h4,6-7H,2-3,5H2,1H3,(H2,13,14,15). The number of hydrogen-bond acceptors (Lipinski definition) is 6. The minimum absolute atomic E-state index is 0.0168. The number of hydrogen-bond donors (Lipinski definition) is 1. The first-order valence-corrected chi connectivity index (χ1v) is 5.98. The fourth-order valence-corrected chi connectivity index (χ4v) is 1.82. The maximum absolute atomic E-state index is 11.3. The van der Waals surface area contributed by atoms with Crippen LogP contribution in [0.2, 0.25) is 0 Å². The van der Waals surface area contributed by atoms with E-state index in [4.69, 9.17) is 10.2 Å². The summed E-state index contributed by atoms with van der Waals surface area (Å²) < 4.78 is 5.17. The monoisotopic (exact) mass is 262 g/mol. The summed E-state index contributed by atoms with van der Waals surface area (Å²) in [6, 6.07) is 3.25. The van der Waals surface area contributed by atoms with Gasteiger partial charge in [-0.25, -0.2) is 9.97 Å². The Morgan fingerprint density at radius 3 is 2.84 bits per heavy atom. The van der Waals surface area contributed by atoms with Crippen LogP contribution >= 0.6 is 0 Å². The van der Waals surface area contributed by atoms with Gasteiger partial charge in [0.2, 0.25) is 5.95 Å². The molecule has 0 aromatic carbocycles. The van der Waals surface area contributed by atoms with E-state index >= 15 is 0 Å². The molecule has 7 nitrogen and oxygen atoms in total. The Bertz CT molecular complexity index is 581. The van der Waals surface area contributed by atoms with Gasteiger partial charge >= 0.3 is 5.69 Å². The van der Waals surface area contributed by atoms with E-state index in [2.05, 4.69) is 9.97 Å². The van der Waals surface area contributed by atoms with Crippen LogP contribution in [0.5, 0.6) is 0 Å². The van der Waals surface area contributed by atoms with Gasteiger partial charge in [-0.3, -0.25) is 10.1 Å². The van der Waals surface area contributed by atoms with Gasteiger partial charge in [0.1, 0.15) is 5.69 Å². The second kappa shape index (κ2) is 5.47. The molecule has 0 aliphatic rings. The SMILES string of the molecule is CCCCc1nc(N)nc(-c2ccco2)c1[N+](=O)[O-]. The van der Waals surface area contributed by atoms with E-state index in [1.807, 2.05) is 6.92 Å². The van der Waals surface area contributed by atoms with E-state index in [9.17, 15) is 10.1 Å². The van der Waals surface area contributed by atoms with E-state index in [0.717, 1.165) is 12.8 Å². The molecule has 100 valence electrons. The van der Waals surface area contributed by atoms with Crippen LogP contribution in [0.3, 0.4) is 0 Å². The number of nitrogens with zero attached hydrogens (tertiary/aromatic N) is 3. The van der Waals surface area contributed by atoms with Gasteiger partial charge in [0.15, 0.2) is 11.5 Å². The second-order valence-electron chi connectivity index (χ2n) is 4.06. The van der Waals surface area contributed by atoms with Crippen molar-refractivity contribution in [3.8, 4) is 11.5 Å². The van der Waals surface area contributed by atoms with Gasteiger partial charge in [0.25, 0.3) is 0 Å². The molecule has 0 saturated carbocycles. The van der Waals surface area contributed by atoms with Crippen molar-refractivity contribution in [2.24, 2.45) is 0 Å². The second-order valence-corrected chi connectivity index (χ2v) is 4.06. The van der Waals surface area contributed by atoms with E-state index in [1.54, 1.807) is 12.1 Å². The molecule has 0 aliphatic heterocycles. The summed E-state index contributed by atoms with van der Waals surface area (Å²) in [5, 5.41) is 11.3. The highest BCUT2D eigenvalue weighted by Gasteiger charge is 2.26. The molecule has 2 rings (SSSR count). The first-order chi connectivity index (χ1) is 9.13. The molecule has 2 aromatic rings. The number of nitrogens with two attached hydrogens (primary N) is 1. The summed E-state index contributed by atoms with van der Waals surface area (Å²) in [6.45, 7) is 2.00. The average molecular weight is 262 g/mol. The number of aromatic nitrogens is 2. The molecule has 2 aromatic heterocycles. The number of anilines is 1. The molecular formula is C12H14N4O3. The maximum atomic E-state index is 11.3. The molecule has 0 aliphatic carbocycles. The Hall–Kier alpha value is -2.44. The van der Waals surface area contributed by atoms with Crippen molar-refractivity contribution in [1.29, 1.82) is 0 Å². The summed E-state index contributed by atoms with van der Waals surface area (Å²) in [4.78, 5) is 18.7. The summed E-state index contributed by atoms with van der Waals surface area (Å²) in [5.74, 6) is 0.335. The zero-order valence-electron chi connectivity index (χ0n) is 10.5. The third kappa shape index (κ3) is 2.70. The number of aryl methyl sites for hydroxylation is 1. The minimum Gasteiger partial charge on any atom is -0.462 e. The van der Waals surface area contributed by atoms with Gasteiger partial charge in [-0.05, 0) is 25.0 Å². The first kappa shape index (κ1) is 13.0. The van der Waals surface area contributed by atoms with Gasteiger partial charge < -0.3 is 10.2 Å². The molecule has 7 heteroatoms. The first-order valence-electron chi connectivity index (χ1n) is 5.98. The number of rotatable bonds is 5. The Kier molecular flexibility index (Phi) is 3.74. The van der Waals surface area contributed by atoms with Crippen LogP contribution in [-0.4, -0.2) is 14.9 Å². The van der Waals surface area contributed by atoms with E-state index in [-0.39, 0.29) is 17.3 Å². The van der Waals surface area contributed by atoms with Crippen molar-refractivity contribution in [2.75, 3.05) is 5.73 Å². The smallest absolute Gasteiger partial charge is 0.320 e. The number of nitrogen functional groups attached to an aromatic ring is 1. The lowest BCUT2D eigenvalue weighted by Crippen LogP contribution is -2.07. The van der Waals surface area contributed by atoms with Crippen molar-refractivity contribution >= 4 is 11.6 Å². The van der Waals surface area contributed by atoms with Gasteiger partial charge in [-0.1, -0.05) is 13.3 Å². The third-order valence-corrected chi connectivity index (χ3v) is 2.68. The predicted molar refractivity (Wildman–Crippen MR) is 69.4 cm³/mol. The molecule has 0 spiro atoms. The molecule has 0 unspecified atom stereocenters. The highest BCUT2D eigenvalue weighted by Crippen LogP contribution is 2.32. The average Bonchev–Trinajstić information content (AvgIpc) is 2.88. The Morgan fingerprint density at radius 2 is 2.26 bits per heavy atom. The predicted octanol–water partition coefficient (Wildman–Crippen LogP) is 2.57. The molecule has 0 atom stereocenters. The Labute approximate surface area is 109 Å². The van der Waals surface area contributed by atoms with Crippen molar-refractivity contribution < 1.29 is 9.34 Å². The van der Waals surface area contributed by atoms with E-state index in [0.29, 0.717) is 17.9 Å². The molecule has 0 radical (unpaired) electrons. The largest absolute Gasteiger partial charge is 0.462 e. The van der Waals surface area contributed by atoms with Gasteiger partial charge in [-0.15, -0.1) is 0 Å². The van der Waals surface area contributed by atoms with Crippen LogP contribution in [-0.2, 0) is 6.42 Å². The molecule has 0 bridgehead atoms. The van der Waals surface area contributed by atoms with Gasteiger partial charge in [0, 0.05) is 0 Å². The van der Waals surface area contributed by atoms with Crippen LogP contribution in [0.25, 0.3) is 11.5 Å². The molecule has 19 heavy (non-hydrogen) atoms. The quantitative estimate of drug-likeness (QED) is 0.655. The van der Waals surface area contributed by atoms with E-state index in [1.165, 1.54) is 6.26 Å². The minimum atomic E-state index is -0.484. The zero-order valence-corrected chi connectivity index (χ0v) is 10.5. The summed E-state index contributed by atoms with van der Waals surface area (Å²) in [5.41, 5.74) is 5.98. The fourth-order valence-electron chi connectivity index (χ4n) is 1.82. The topological polar surface area (TPSA) is 108 Å². The summed E-state index contributed by atoms with van der Waals surface area (Å²) in [6.07, 6.45) is 3.64. The lowest BCUT2D eigenvalue weighted by atomic mass is 10.1. The highest BCUT2D eigenvalue weighted by molar-refractivity contribution is 5.67. The highest BCUT2D eigenvalue weighted by atomic mass is 16.6. The third-order valence-electron chi connectivity index (χ3n) is 2.68. The fraction of sp³-hybridized carbons (Fsp3) is 0.333. The van der Waals surface area contributed by atoms with E-state index < -0.39 is 4.92 Å². The van der Waals surface area contributed by atoms with Crippen molar-refractivity contribution in [3.05, 3.63) is 34.2 Å². The van der Waals surface area contributed by atoms with Crippen molar-refractivity contribution in [3.63, 3.8) is 0 Å². The summed E-state index contributed by atoms with van der Waals surface area (Å²) >= 11 is 0.